The molecule has 0 unspecified atom stereocenters. The van der Waals surface area contributed by atoms with Gasteiger partial charge in [-0.3, -0.25) is 4.79 Å². The van der Waals surface area contributed by atoms with Crippen LogP contribution in [-0.2, 0) is 10.2 Å². The van der Waals surface area contributed by atoms with E-state index in [0.29, 0.717) is 6.54 Å². The Morgan fingerprint density at radius 2 is 1.61 bits per heavy atom. The topological polar surface area (TPSA) is 32.3 Å². The number of hydrogen-bond donors (Lipinski definition) is 1. The number of carbonyl (C=O) groups is 1. The molecule has 0 radical (unpaired) electrons. The van der Waals surface area contributed by atoms with Crippen LogP contribution in [0, 0.1) is 0 Å². The Labute approximate surface area is 139 Å². The molecule has 3 nitrogen and oxygen atoms in total. The first-order chi connectivity index (χ1) is 10.9. The number of anilines is 2. The molecule has 0 fully saturated rings. The Balaban J connectivity index is 1.98. The average Bonchev–Trinajstić information content (AvgIpc) is 2.54. The van der Waals surface area contributed by atoms with E-state index in [-0.39, 0.29) is 17.9 Å². The summed E-state index contributed by atoms with van der Waals surface area (Å²) in [6, 6.07) is 18.1. The highest BCUT2D eigenvalue weighted by molar-refractivity contribution is 5.96. The SMILES string of the molecule is CCN(C(=O)CNc1ccc(C(C)(C)C)cc1)c1ccccc1. The molecule has 23 heavy (non-hydrogen) atoms. The lowest BCUT2D eigenvalue weighted by Crippen LogP contribution is -2.35. The summed E-state index contributed by atoms with van der Waals surface area (Å²) >= 11 is 0. The molecule has 1 amide bonds. The number of benzene rings is 2. The van der Waals surface area contributed by atoms with Gasteiger partial charge in [0.25, 0.3) is 0 Å². The second-order valence-electron chi connectivity index (χ2n) is 6.65. The summed E-state index contributed by atoms with van der Waals surface area (Å²) in [4.78, 5) is 14.2. The maximum atomic E-state index is 12.4. The fraction of sp³-hybridized carbons (Fsp3) is 0.350. The Kier molecular flexibility index (Phi) is 5.43. The van der Waals surface area contributed by atoms with Gasteiger partial charge in [-0.05, 0) is 42.2 Å². The van der Waals surface area contributed by atoms with E-state index in [9.17, 15) is 4.79 Å². The molecule has 0 bridgehead atoms. The highest BCUT2D eigenvalue weighted by Crippen LogP contribution is 2.23. The van der Waals surface area contributed by atoms with Gasteiger partial charge in [-0.15, -0.1) is 0 Å². The van der Waals surface area contributed by atoms with Crippen molar-refractivity contribution in [1.29, 1.82) is 0 Å². The zero-order valence-electron chi connectivity index (χ0n) is 14.5. The predicted octanol–water partition coefficient (Wildman–Crippen LogP) is 4.45. The van der Waals surface area contributed by atoms with E-state index < -0.39 is 0 Å². The van der Waals surface area contributed by atoms with Crippen molar-refractivity contribution in [1.82, 2.24) is 0 Å². The van der Waals surface area contributed by atoms with E-state index >= 15 is 0 Å². The molecule has 0 heterocycles. The first kappa shape index (κ1) is 17.1. The lowest BCUT2D eigenvalue weighted by atomic mass is 9.87. The summed E-state index contributed by atoms with van der Waals surface area (Å²) < 4.78 is 0. The third-order valence-corrected chi connectivity index (χ3v) is 3.88. The van der Waals surface area contributed by atoms with Crippen molar-refractivity contribution in [3.05, 3.63) is 60.2 Å². The van der Waals surface area contributed by atoms with Gasteiger partial charge in [0, 0.05) is 17.9 Å². The van der Waals surface area contributed by atoms with Gasteiger partial charge < -0.3 is 10.2 Å². The largest absolute Gasteiger partial charge is 0.376 e. The van der Waals surface area contributed by atoms with Gasteiger partial charge in [0.15, 0.2) is 0 Å². The van der Waals surface area contributed by atoms with Crippen molar-refractivity contribution in [2.45, 2.75) is 33.1 Å². The number of carbonyl (C=O) groups excluding carboxylic acids is 1. The minimum atomic E-state index is 0.0681. The van der Waals surface area contributed by atoms with Gasteiger partial charge in [0.05, 0.1) is 6.54 Å². The summed E-state index contributed by atoms with van der Waals surface area (Å²) in [7, 11) is 0. The Morgan fingerprint density at radius 1 is 1.00 bits per heavy atom. The molecule has 0 aromatic heterocycles. The zero-order chi connectivity index (χ0) is 16.9. The van der Waals surface area contributed by atoms with Crippen LogP contribution in [-0.4, -0.2) is 19.0 Å². The van der Waals surface area contributed by atoms with Gasteiger partial charge in [0.1, 0.15) is 0 Å². The van der Waals surface area contributed by atoms with Crippen LogP contribution in [0.5, 0.6) is 0 Å². The maximum Gasteiger partial charge on any atom is 0.246 e. The number of likely N-dealkylation sites (N-methyl/N-ethyl adjacent to an activating group) is 1. The highest BCUT2D eigenvalue weighted by Gasteiger charge is 2.14. The van der Waals surface area contributed by atoms with Gasteiger partial charge >= 0.3 is 0 Å². The van der Waals surface area contributed by atoms with Crippen molar-refractivity contribution in [3.63, 3.8) is 0 Å². The normalized spacial score (nSPS) is 11.1. The van der Waals surface area contributed by atoms with Crippen molar-refractivity contribution >= 4 is 17.3 Å². The van der Waals surface area contributed by atoms with Crippen LogP contribution >= 0.6 is 0 Å². The Hall–Kier alpha value is -2.29. The molecule has 0 aliphatic carbocycles. The number of amides is 1. The minimum absolute atomic E-state index is 0.0681. The molecule has 0 atom stereocenters. The molecule has 2 aromatic carbocycles. The van der Waals surface area contributed by atoms with Gasteiger partial charge in [-0.25, -0.2) is 0 Å². The van der Waals surface area contributed by atoms with Crippen LogP contribution in [0.25, 0.3) is 0 Å². The third kappa shape index (κ3) is 4.59. The highest BCUT2D eigenvalue weighted by atomic mass is 16.2. The van der Waals surface area contributed by atoms with Crippen LogP contribution in [0.3, 0.4) is 0 Å². The first-order valence-corrected chi connectivity index (χ1v) is 8.11. The zero-order valence-corrected chi connectivity index (χ0v) is 14.5. The van der Waals surface area contributed by atoms with E-state index in [2.05, 4.69) is 38.2 Å². The molecule has 1 N–H and O–H groups in total. The smallest absolute Gasteiger partial charge is 0.246 e. The van der Waals surface area contributed by atoms with E-state index in [1.165, 1.54) is 5.56 Å². The summed E-state index contributed by atoms with van der Waals surface area (Å²) in [5.74, 6) is 0.0681. The average molecular weight is 310 g/mol. The monoisotopic (exact) mass is 310 g/mol. The van der Waals surface area contributed by atoms with Gasteiger partial charge in [-0.2, -0.15) is 0 Å². The first-order valence-electron chi connectivity index (χ1n) is 8.11. The molecule has 3 heteroatoms. The van der Waals surface area contributed by atoms with Crippen molar-refractivity contribution in [2.75, 3.05) is 23.3 Å². The molecule has 2 rings (SSSR count). The van der Waals surface area contributed by atoms with Crippen molar-refractivity contribution in [3.8, 4) is 0 Å². The molecule has 0 aliphatic rings. The predicted molar refractivity (Wildman–Crippen MR) is 98.1 cm³/mol. The summed E-state index contributed by atoms with van der Waals surface area (Å²) in [5.41, 5.74) is 3.33. The number of hydrogen-bond acceptors (Lipinski definition) is 2. The van der Waals surface area contributed by atoms with Gasteiger partial charge in [0.2, 0.25) is 5.91 Å². The van der Waals surface area contributed by atoms with E-state index in [0.717, 1.165) is 11.4 Å². The van der Waals surface area contributed by atoms with Crippen LogP contribution in [0.1, 0.15) is 33.3 Å². The summed E-state index contributed by atoms with van der Waals surface area (Å²) in [6.45, 7) is 9.52. The summed E-state index contributed by atoms with van der Waals surface area (Å²) in [6.07, 6.45) is 0. The van der Waals surface area contributed by atoms with E-state index in [1.807, 2.05) is 49.4 Å². The number of rotatable bonds is 5. The van der Waals surface area contributed by atoms with Crippen LogP contribution < -0.4 is 10.2 Å². The fourth-order valence-corrected chi connectivity index (χ4v) is 2.47. The van der Waals surface area contributed by atoms with Crippen molar-refractivity contribution in [2.24, 2.45) is 0 Å². The lowest BCUT2D eigenvalue weighted by Gasteiger charge is -2.22. The summed E-state index contributed by atoms with van der Waals surface area (Å²) in [5, 5.41) is 3.22. The second kappa shape index (κ2) is 7.32. The quantitative estimate of drug-likeness (QED) is 0.885. The lowest BCUT2D eigenvalue weighted by molar-refractivity contribution is -0.116. The van der Waals surface area contributed by atoms with Crippen molar-refractivity contribution < 1.29 is 4.79 Å². The Bertz CT molecular complexity index is 627. The standard InChI is InChI=1S/C20H26N2O/c1-5-22(18-9-7-6-8-10-18)19(23)15-21-17-13-11-16(12-14-17)20(2,3)4/h6-14,21H,5,15H2,1-4H3. The molecule has 2 aromatic rings. The molecule has 0 aliphatic heterocycles. The minimum Gasteiger partial charge on any atom is -0.376 e. The molecule has 0 saturated heterocycles. The van der Waals surface area contributed by atoms with Crippen LogP contribution in [0.15, 0.2) is 54.6 Å². The molecular formula is C20H26N2O. The van der Waals surface area contributed by atoms with Crippen LogP contribution in [0.2, 0.25) is 0 Å². The van der Waals surface area contributed by atoms with Crippen LogP contribution in [0.4, 0.5) is 11.4 Å². The number of nitrogens with zero attached hydrogens (tertiary/aromatic N) is 1. The van der Waals surface area contributed by atoms with E-state index in [4.69, 9.17) is 0 Å². The molecule has 0 saturated carbocycles. The molecular weight excluding hydrogens is 284 g/mol. The fourth-order valence-electron chi connectivity index (χ4n) is 2.47. The number of para-hydroxylation sites is 1. The maximum absolute atomic E-state index is 12.4. The third-order valence-electron chi connectivity index (χ3n) is 3.88. The molecule has 122 valence electrons. The molecule has 0 spiro atoms. The van der Waals surface area contributed by atoms with E-state index in [1.54, 1.807) is 4.90 Å². The Morgan fingerprint density at radius 3 is 2.13 bits per heavy atom. The second-order valence-corrected chi connectivity index (χ2v) is 6.65. The van der Waals surface area contributed by atoms with Gasteiger partial charge in [-0.1, -0.05) is 51.1 Å². The number of nitrogens with one attached hydrogen (secondary N) is 1.